The fourth-order valence-corrected chi connectivity index (χ4v) is 2.08. The van der Waals surface area contributed by atoms with Crippen LogP contribution in [-0.2, 0) is 13.1 Å². The maximum atomic E-state index is 4.56. The Labute approximate surface area is 89.1 Å². The molecule has 14 heavy (non-hydrogen) atoms. The molecule has 0 atom stereocenters. The van der Waals surface area contributed by atoms with Crippen molar-refractivity contribution in [3.8, 4) is 0 Å². The molecular weight excluding hydrogens is 194 g/mol. The number of hydrogen-bond donors (Lipinski definition) is 1. The van der Waals surface area contributed by atoms with Gasteiger partial charge in [0.05, 0.1) is 5.69 Å². The van der Waals surface area contributed by atoms with E-state index < -0.39 is 0 Å². The van der Waals surface area contributed by atoms with Crippen LogP contribution in [0.5, 0.6) is 0 Å². The number of thiazole rings is 1. The maximum Gasteiger partial charge on any atom is 0.107 e. The normalized spacial score (nSPS) is 16.5. The summed E-state index contributed by atoms with van der Waals surface area (Å²) in [5.41, 5.74) is 1.19. The largest absolute Gasteiger partial charge is 0.308 e. The fourth-order valence-electron chi connectivity index (χ4n) is 1.35. The van der Waals surface area contributed by atoms with Gasteiger partial charge in [0.2, 0.25) is 0 Å². The average molecular weight is 211 g/mol. The molecule has 4 heteroatoms. The van der Waals surface area contributed by atoms with Gasteiger partial charge in [-0.1, -0.05) is 0 Å². The van der Waals surface area contributed by atoms with Crippen molar-refractivity contribution >= 4 is 11.3 Å². The predicted octanol–water partition coefficient (Wildman–Crippen LogP) is 1.46. The SMILES string of the molecule is CN(C)Cc1csc(CNC2CC2)n1. The molecule has 1 aliphatic rings. The summed E-state index contributed by atoms with van der Waals surface area (Å²) in [7, 11) is 4.14. The Bertz CT molecular complexity index is 291. The Kier molecular flexibility index (Phi) is 3.15. The lowest BCUT2D eigenvalue weighted by atomic mass is 10.4. The third-order valence-corrected chi connectivity index (χ3v) is 3.09. The van der Waals surface area contributed by atoms with Gasteiger partial charge in [-0.3, -0.25) is 0 Å². The van der Waals surface area contributed by atoms with E-state index in [-0.39, 0.29) is 0 Å². The molecule has 0 bridgehead atoms. The molecule has 1 N–H and O–H groups in total. The van der Waals surface area contributed by atoms with E-state index in [1.807, 2.05) is 0 Å². The molecule has 1 saturated carbocycles. The van der Waals surface area contributed by atoms with Crippen LogP contribution < -0.4 is 5.32 Å². The maximum absolute atomic E-state index is 4.56. The van der Waals surface area contributed by atoms with Crippen molar-refractivity contribution in [2.45, 2.75) is 32.0 Å². The zero-order chi connectivity index (χ0) is 9.97. The summed E-state index contributed by atoms with van der Waals surface area (Å²) in [5.74, 6) is 0. The Balaban J connectivity index is 1.81. The van der Waals surface area contributed by atoms with Gasteiger partial charge >= 0.3 is 0 Å². The van der Waals surface area contributed by atoms with E-state index in [0.717, 1.165) is 19.1 Å². The summed E-state index contributed by atoms with van der Waals surface area (Å²) in [6.45, 7) is 1.89. The fraction of sp³-hybridized carbons (Fsp3) is 0.700. The summed E-state index contributed by atoms with van der Waals surface area (Å²) < 4.78 is 0. The molecule has 0 saturated heterocycles. The standard InChI is InChI=1S/C10H17N3S/c1-13(2)6-9-7-14-10(12-9)5-11-8-3-4-8/h7-8,11H,3-6H2,1-2H3. The molecule has 1 aliphatic carbocycles. The Hall–Kier alpha value is -0.450. The molecule has 0 spiro atoms. The van der Waals surface area contributed by atoms with Crippen LogP contribution in [0.3, 0.4) is 0 Å². The van der Waals surface area contributed by atoms with Gasteiger partial charge in [0.15, 0.2) is 0 Å². The van der Waals surface area contributed by atoms with Gasteiger partial charge < -0.3 is 10.2 Å². The second-order valence-corrected chi connectivity index (χ2v) is 5.07. The van der Waals surface area contributed by atoms with Crippen LogP contribution >= 0.6 is 11.3 Å². The van der Waals surface area contributed by atoms with Gasteiger partial charge in [0.25, 0.3) is 0 Å². The smallest absolute Gasteiger partial charge is 0.107 e. The molecule has 3 nitrogen and oxygen atoms in total. The van der Waals surface area contributed by atoms with Crippen molar-refractivity contribution in [2.75, 3.05) is 14.1 Å². The van der Waals surface area contributed by atoms with Gasteiger partial charge in [0, 0.05) is 24.5 Å². The Morgan fingerprint density at radius 3 is 3.00 bits per heavy atom. The van der Waals surface area contributed by atoms with Gasteiger partial charge in [-0.25, -0.2) is 4.98 Å². The first-order valence-electron chi connectivity index (χ1n) is 5.05. The minimum atomic E-state index is 0.774. The van der Waals surface area contributed by atoms with E-state index in [1.54, 1.807) is 11.3 Å². The lowest BCUT2D eigenvalue weighted by Crippen LogP contribution is -2.15. The highest BCUT2D eigenvalue weighted by atomic mass is 32.1. The molecule has 0 aromatic carbocycles. The molecule has 78 valence electrons. The zero-order valence-corrected chi connectivity index (χ0v) is 9.60. The van der Waals surface area contributed by atoms with Crippen molar-refractivity contribution in [2.24, 2.45) is 0 Å². The van der Waals surface area contributed by atoms with Gasteiger partial charge in [-0.2, -0.15) is 0 Å². The number of hydrogen-bond acceptors (Lipinski definition) is 4. The van der Waals surface area contributed by atoms with E-state index >= 15 is 0 Å². The van der Waals surface area contributed by atoms with E-state index in [1.165, 1.54) is 23.5 Å². The van der Waals surface area contributed by atoms with Crippen LogP contribution in [-0.4, -0.2) is 30.0 Å². The van der Waals surface area contributed by atoms with Crippen molar-refractivity contribution < 1.29 is 0 Å². The summed E-state index contributed by atoms with van der Waals surface area (Å²) >= 11 is 1.76. The predicted molar refractivity (Wildman–Crippen MR) is 59.4 cm³/mol. The highest BCUT2D eigenvalue weighted by molar-refractivity contribution is 7.09. The molecule has 1 aromatic rings. The van der Waals surface area contributed by atoms with E-state index in [0.29, 0.717) is 0 Å². The van der Waals surface area contributed by atoms with Crippen LogP contribution in [0.1, 0.15) is 23.5 Å². The Morgan fingerprint density at radius 2 is 2.36 bits per heavy atom. The zero-order valence-electron chi connectivity index (χ0n) is 8.79. The Morgan fingerprint density at radius 1 is 1.57 bits per heavy atom. The highest BCUT2D eigenvalue weighted by Crippen LogP contribution is 2.20. The van der Waals surface area contributed by atoms with Crippen molar-refractivity contribution in [3.05, 3.63) is 16.1 Å². The van der Waals surface area contributed by atoms with Crippen molar-refractivity contribution in [1.29, 1.82) is 0 Å². The highest BCUT2D eigenvalue weighted by Gasteiger charge is 2.20. The topological polar surface area (TPSA) is 28.2 Å². The lowest BCUT2D eigenvalue weighted by Gasteiger charge is -2.05. The number of nitrogens with zero attached hydrogens (tertiary/aromatic N) is 2. The second-order valence-electron chi connectivity index (χ2n) is 4.13. The molecule has 1 heterocycles. The minimum Gasteiger partial charge on any atom is -0.308 e. The van der Waals surface area contributed by atoms with E-state index in [4.69, 9.17) is 0 Å². The molecular formula is C10H17N3S. The first-order chi connectivity index (χ1) is 6.74. The number of nitrogens with one attached hydrogen (secondary N) is 1. The summed E-state index contributed by atoms with van der Waals surface area (Å²) in [4.78, 5) is 6.71. The van der Waals surface area contributed by atoms with Crippen LogP contribution in [0.2, 0.25) is 0 Å². The lowest BCUT2D eigenvalue weighted by molar-refractivity contribution is 0.397. The van der Waals surface area contributed by atoms with Crippen molar-refractivity contribution in [1.82, 2.24) is 15.2 Å². The van der Waals surface area contributed by atoms with Crippen molar-refractivity contribution in [3.63, 3.8) is 0 Å². The van der Waals surface area contributed by atoms with Crippen LogP contribution in [0.25, 0.3) is 0 Å². The molecule has 0 aliphatic heterocycles. The molecule has 2 rings (SSSR count). The first kappa shape index (κ1) is 10.1. The monoisotopic (exact) mass is 211 g/mol. The van der Waals surface area contributed by atoms with Gasteiger partial charge in [-0.15, -0.1) is 11.3 Å². The minimum absolute atomic E-state index is 0.774. The summed E-state index contributed by atoms with van der Waals surface area (Å²) in [5, 5.41) is 6.85. The number of rotatable bonds is 5. The second kappa shape index (κ2) is 4.38. The molecule has 1 fully saturated rings. The number of aromatic nitrogens is 1. The van der Waals surface area contributed by atoms with Gasteiger partial charge in [0.1, 0.15) is 5.01 Å². The molecule has 0 unspecified atom stereocenters. The van der Waals surface area contributed by atoms with Crippen LogP contribution in [0.15, 0.2) is 5.38 Å². The van der Waals surface area contributed by atoms with E-state index in [2.05, 4.69) is 34.7 Å². The third kappa shape index (κ3) is 3.04. The summed E-state index contributed by atoms with van der Waals surface area (Å²) in [6, 6.07) is 0.774. The van der Waals surface area contributed by atoms with Gasteiger partial charge in [-0.05, 0) is 26.9 Å². The summed E-state index contributed by atoms with van der Waals surface area (Å²) in [6.07, 6.45) is 2.69. The van der Waals surface area contributed by atoms with Crippen LogP contribution in [0, 0.1) is 0 Å². The quantitative estimate of drug-likeness (QED) is 0.799. The molecule has 0 amide bonds. The van der Waals surface area contributed by atoms with Crippen LogP contribution in [0.4, 0.5) is 0 Å². The van der Waals surface area contributed by atoms with E-state index in [9.17, 15) is 0 Å². The first-order valence-corrected chi connectivity index (χ1v) is 5.93. The average Bonchev–Trinajstić information content (AvgIpc) is 2.84. The third-order valence-electron chi connectivity index (χ3n) is 2.20. The molecule has 1 aromatic heterocycles. The molecule has 0 radical (unpaired) electrons.